The summed E-state index contributed by atoms with van der Waals surface area (Å²) in [7, 11) is 0. The molecule has 1 heterocycles. The van der Waals surface area contributed by atoms with Crippen LogP contribution in [0.25, 0.3) is 0 Å². The minimum atomic E-state index is -0.577. The monoisotopic (exact) mass is 288 g/mol. The van der Waals surface area contributed by atoms with E-state index in [2.05, 4.69) is 6.07 Å². The third-order valence-corrected chi connectivity index (χ3v) is 5.08. The number of thiocarbonyl (C=S) groups is 1. The molecule has 0 aromatic heterocycles. The SMILES string of the molecule is NC(=S)C1(C(=O)N2CCCCc3ccccc32)CCC1. The van der Waals surface area contributed by atoms with E-state index in [4.69, 9.17) is 18.0 Å². The zero-order valence-electron chi connectivity index (χ0n) is 11.6. The molecule has 106 valence electrons. The van der Waals surface area contributed by atoms with Gasteiger partial charge in [-0.05, 0) is 43.7 Å². The fourth-order valence-corrected chi connectivity index (χ4v) is 3.55. The number of carbonyl (C=O) groups is 1. The molecule has 3 rings (SSSR count). The van der Waals surface area contributed by atoms with Crippen molar-refractivity contribution >= 4 is 28.8 Å². The van der Waals surface area contributed by atoms with Gasteiger partial charge >= 0.3 is 0 Å². The highest BCUT2D eigenvalue weighted by atomic mass is 32.1. The van der Waals surface area contributed by atoms with Gasteiger partial charge in [0, 0.05) is 12.2 Å². The summed E-state index contributed by atoms with van der Waals surface area (Å²) in [5.41, 5.74) is 7.62. The van der Waals surface area contributed by atoms with E-state index in [0.717, 1.165) is 50.8 Å². The van der Waals surface area contributed by atoms with Crippen LogP contribution in [0.15, 0.2) is 24.3 Å². The van der Waals surface area contributed by atoms with Crippen LogP contribution in [-0.4, -0.2) is 17.4 Å². The zero-order chi connectivity index (χ0) is 14.2. The van der Waals surface area contributed by atoms with Crippen LogP contribution in [0.3, 0.4) is 0 Å². The molecular formula is C16H20N2OS. The second kappa shape index (κ2) is 5.17. The number of fused-ring (bicyclic) bond motifs is 1. The molecule has 1 aromatic rings. The van der Waals surface area contributed by atoms with E-state index in [1.807, 2.05) is 23.1 Å². The molecule has 0 bridgehead atoms. The standard InChI is InChI=1S/C16H20N2OS/c17-14(20)16(9-5-10-16)15(19)18-11-4-3-7-12-6-1-2-8-13(12)18/h1-2,6,8H,3-5,7,9-11H2,(H2,17,20). The van der Waals surface area contributed by atoms with Crippen molar-refractivity contribution < 1.29 is 4.79 Å². The number of hydrogen-bond acceptors (Lipinski definition) is 2. The summed E-state index contributed by atoms with van der Waals surface area (Å²) in [6, 6.07) is 8.21. The minimum Gasteiger partial charge on any atom is -0.392 e. The second-order valence-electron chi connectivity index (χ2n) is 5.84. The van der Waals surface area contributed by atoms with Crippen LogP contribution in [-0.2, 0) is 11.2 Å². The molecule has 0 radical (unpaired) electrons. The van der Waals surface area contributed by atoms with Crippen LogP contribution in [0.5, 0.6) is 0 Å². The molecule has 0 atom stereocenters. The topological polar surface area (TPSA) is 46.3 Å². The molecule has 1 saturated carbocycles. The summed E-state index contributed by atoms with van der Waals surface area (Å²) in [6.45, 7) is 0.778. The van der Waals surface area contributed by atoms with Crippen molar-refractivity contribution in [3.8, 4) is 0 Å². The quantitative estimate of drug-likeness (QED) is 0.851. The molecule has 0 spiro atoms. The van der Waals surface area contributed by atoms with Crippen molar-refractivity contribution in [2.75, 3.05) is 11.4 Å². The van der Waals surface area contributed by atoms with E-state index < -0.39 is 5.41 Å². The number of aryl methyl sites for hydroxylation is 1. The summed E-state index contributed by atoms with van der Waals surface area (Å²) in [4.78, 5) is 15.3. The molecule has 2 N–H and O–H groups in total. The minimum absolute atomic E-state index is 0.116. The van der Waals surface area contributed by atoms with Crippen molar-refractivity contribution in [3.05, 3.63) is 29.8 Å². The molecule has 4 heteroatoms. The number of anilines is 1. The molecule has 2 aliphatic rings. The van der Waals surface area contributed by atoms with Crippen molar-refractivity contribution in [2.45, 2.75) is 38.5 Å². The van der Waals surface area contributed by atoms with Crippen LogP contribution in [0.2, 0.25) is 0 Å². The van der Waals surface area contributed by atoms with Gasteiger partial charge in [0.15, 0.2) is 0 Å². The maximum absolute atomic E-state index is 13.0. The van der Waals surface area contributed by atoms with E-state index in [-0.39, 0.29) is 5.91 Å². The number of rotatable bonds is 2. The zero-order valence-corrected chi connectivity index (χ0v) is 12.4. The summed E-state index contributed by atoms with van der Waals surface area (Å²) in [5, 5.41) is 0. The maximum Gasteiger partial charge on any atom is 0.240 e. The van der Waals surface area contributed by atoms with E-state index in [1.54, 1.807) is 0 Å². The Labute approximate surface area is 125 Å². The third-order valence-electron chi connectivity index (χ3n) is 4.69. The van der Waals surface area contributed by atoms with Crippen molar-refractivity contribution in [3.63, 3.8) is 0 Å². The van der Waals surface area contributed by atoms with Gasteiger partial charge in [0.1, 0.15) is 0 Å². The predicted octanol–water partition coefficient (Wildman–Crippen LogP) is 2.81. The van der Waals surface area contributed by atoms with Crippen LogP contribution in [0, 0.1) is 5.41 Å². The molecule has 1 aliphatic carbocycles. The fourth-order valence-electron chi connectivity index (χ4n) is 3.26. The first-order chi connectivity index (χ1) is 9.65. The maximum atomic E-state index is 13.0. The van der Waals surface area contributed by atoms with Gasteiger partial charge < -0.3 is 10.6 Å². The summed E-state index contributed by atoms with van der Waals surface area (Å²) < 4.78 is 0. The lowest BCUT2D eigenvalue weighted by Crippen LogP contribution is -2.54. The summed E-state index contributed by atoms with van der Waals surface area (Å²) in [6.07, 6.45) is 5.85. The number of hydrogen-bond donors (Lipinski definition) is 1. The number of nitrogens with two attached hydrogens (primary N) is 1. The molecule has 1 amide bonds. The number of nitrogens with zero attached hydrogens (tertiary/aromatic N) is 1. The molecule has 0 saturated heterocycles. The summed E-state index contributed by atoms with van der Waals surface area (Å²) >= 11 is 5.19. The Morgan fingerprint density at radius 1 is 1.20 bits per heavy atom. The molecular weight excluding hydrogens is 268 g/mol. The van der Waals surface area contributed by atoms with E-state index >= 15 is 0 Å². The number of para-hydroxylation sites is 1. The predicted molar refractivity (Wildman–Crippen MR) is 84.8 cm³/mol. The lowest BCUT2D eigenvalue weighted by atomic mass is 9.67. The van der Waals surface area contributed by atoms with Gasteiger partial charge in [-0.3, -0.25) is 4.79 Å². The molecule has 0 unspecified atom stereocenters. The normalized spacial score (nSPS) is 20.5. The average Bonchev–Trinajstić information content (AvgIpc) is 2.58. The highest BCUT2D eigenvalue weighted by Gasteiger charge is 2.49. The number of carbonyl (C=O) groups excluding carboxylic acids is 1. The highest BCUT2D eigenvalue weighted by Crippen LogP contribution is 2.44. The van der Waals surface area contributed by atoms with Crippen molar-refractivity contribution in [2.24, 2.45) is 11.1 Å². The first-order valence-corrected chi connectivity index (χ1v) is 7.76. The highest BCUT2D eigenvalue weighted by molar-refractivity contribution is 7.80. The third kappa shape index (κ3) is 2.03. The van der Waals surface area contributed by atoms with Gasteiger partial charge in [-0.2, -0.15) is 0 Å². The molecule has 1 fully saturated rings. The Balaban J connectivity index is 1.97. The van der Waals surface area contributed by atoms with Gasteiger partial charge in [-0.1, -0.05) is 36.8 Å². The van der Waals surface area contributed by atoms with Crippen LogP contribution < -0.4 is 10.6 Å². The second-order valence-corrected chi connectivity index (χ2v) is 6.28. The largest absolute Gasteiger partial charge is 0.392 e. The number of amides is 1. The first-order valence-electron chi connectivity index (χ1n) is 7.35. The van der Waals surface area contributed by atoms with Gasteiger partial charge in [0.2, 0.25) is 5.91 Å². The van der Waals surface area contributed by atoms with Crippen LogP contribution >= 0.6 is 12.2 Å². The molecule has 20 heavy (non-hydrogen) atoms. The van der Waals surface area contributed by atoms with Crippen molar-refractivity contribution in [1.82, 2.24) is 0 Å². The van der Waals surface area contributed by atoms with E-state index in [9.17, 15) is 4.79 Å². The van der Waals surface area contributed by atoms with Gasteiger partial charge in [0.25, 0.3) is 0 Å². The Kier molecular flexibility index (Phi) is 3.50. The first kappa shape index (κ1) is 13.6. The number of benzene rings is 1. The Morgan fingerprint density at radius 3 is 2.60 bits per heavy atom. The Morgan fingerprint density at radius 2 is 1.95 bits per heavy atom. The van der Waals surface area contributed by atoms with Crippen LogP contribution in [0.4, 0.5) is 5.69 Å². The fraction of sp³-hybridized carbons (Fsp3) is 0.500. The summed E-state index contributed by atoms with van der Waals surface area (Å²) in [5.74, 6) is 0.116. The average molecular weight is 288 g/mol. The Hall–Kier alpha value is -1.42. The van der Waals surface area contributed by atoms with Gasteiger partial charge in [-0.25, -0.2) is 0 Å². The molecule has 1 aliphatic heterocycles. The lowest BCUT2D eigenvalue weighted by Gasteiger charge is -2.42. The van der Waals surface area contributed by atoms with Gasteiger partial charge in [-0.15, -0.1) is 0 Å². The van der Waals surface area contributed by atoms with Crippen LogP contribution in [0.1, 0.15) is 37.7 Å². The lowest BCUT2D eigenvalue weighted by molar-refractivity contribution is -0.128. The van der Waals surface area contributed by atoms with Gasteiger partial charge in [0.05, 0.1) is 10.4 Å². The Bertz CT molecular complexity index is 551. The molecule has 3 nitrogen and oxygen atoms in total. The molecule has 1 aromatic carbocycles. The smallest absolute Gasteiger partial charge is 0.240 e. The van der Waals surface area contributed by atoms with E-state index in [0.29, 0.717) is 4.99 Å². The van der Waals surface area contributed by atoms with Crippen molar-refractivity contribution in [1.29, 1.82) is 0 Å². The van der Waals surface area contributed by atoms with E-state index in [1.165, 1.54) is 5.56 Å².